The molecule has 0 aliphatic carbocycles. The third-order valence-electron chi connectivity index (χ3n) is 5.57. The van der Waals surface area contributed by atoms with Gasteiger partial charge in [0.15, 0.2) is 0 Å². The lowest BCUT2D eigenvalue weighted by Crippen LogP contribution is -2.47. The van der Waals surface area contributed by atoms with Gasteiger partial charge in [0, 0.05) is 23.4 Å². The van der Waals surface area contributed by atoms with E-state index in [1.165, 1.54) is 16.2 Å². The Morgan fingerprint density at radius 3 is 2.37 bits per heavy atom. The molecule has 2 atom stereocenters. The van der Waals surface area contributed by atoms with E-state index in [2.05, 4.69) is 0 Å². The second-order valence-corrected chi connectivity index (χ2v) is 8.75. The van der Waals surface area contributed by atoms with E-state index >= 15 is 0 Å². The maximum atomic E-state index is 13.7. The summed E-state index contributed by atoms with van der Waals surface area (Å²) >= 11 is 1.48. The van der Waals surface area contributed by atoms with Crippen molar-refractivity contribution < 1.29 is 14.3 Å². The number of thiophene rings is 1. The molecule has 6 heteroatoms. The van der Waals surface area contributed by atoms with E-state index in [-0.39, 0.29) is 24.0 Å². The van der Waals surface area contributed by atoms with Crippen molar-refractivity contribution in [3.05, 3.63) is 70.6 Å². The second kappa shape index (κ2) is 7.38. The van der Waals surface area contributed by atoms with E-state index < -0.39 is 0 Å². The molecule has 30 heavy (non-hydrogen) atoms. The Labute approximate surface area is 179 Å². The lowest BCUT2D eigenvalue weighted by molar-refractivity contribution is -0.121. The molecule has 2 aliphatic rings. The smallest absolute Gasteiger partial charge is 0.282 e. The number of benzene rings is 2. The van der Waals surface area contributed by atoms with Gasteiger partial charge >= 0.3 is 0 Å². The number of imide groups is 1. The summed E-state index contributed by atoms with van der Waals surface area (Å²) in [5.74, 6) is -0.526. The second-order valence-electron chi connectivity index (χ2n) is 7.81. The highest BCUT2D eigenvalue weighted by Gasteiger charge is 2.44. The van der Waals surface area contributed by atoms with Gasteiger partial charge in [-0.3, -0.25) is 9.59 Å². The third kappa shape index (κ3) is 3.04. The van der Waals surface area contributed by atoms with Crippen molar-refractivity contribution in [3.63, 3.8) is 0 Å². The number of carbonyl (C=O) groups is 2. The van der Waals surface area contributed by atoms with Crippen LogP contribution in [-0.2, 0) is 14.3 Å². The molecular formula is C24H22N2O3S. The van der Waals surface area contributed by atoms with Gasteiger partial charge in [0.05, 0.1) is 23.5 Å². The molecule has 2 aromatic carbocycles. The number of rotatable bonds is 3. The first kappa shape index (κ1) is 19.0. The summed E-state index contributed by atoms with van der Waals surface area (Å²) in [6.45, 7) is 5.16. The van der Waals surface area contributed by atoms with Gasteiger partial charge in [-0.25, -0.2) is 4.90 Å². The Hall–Kier alpha value is -2.96. The van der Waals surface area contributed by atoms with Crippen molar-refractivity contribution in [1.29, 1.82) is 0 Å². The molecule has 3 aromatic rings. The number of hydrogen-bond acceptors (Lipinski definition) is 5. The van der Waals surface area contributed by atoms with Crippen molar-refractivity contribution in [2.24, 2.45) is 0 Å². The van der Waals surface area contributed by atoms with Gasteiger partial charge in [0.25, 0.3) is 11.8 Å². The summed E-state index contributed by atoms with van der Waals surface area (Å²) < 4.78 is 5.86. The Morgan fingerprint density at radius 1 is 0.900 bits per heavy atom. The highest BCUT2D eigenvalue weighted by atomic mass is 32.1. The Kier molecular flexibility index (Phi) is 4.68. The highest BCUT2D eigenvalue weighted by Crippen LogP contribution is 2.39. The van der Waals surface area contributed by atoms with Crippen LogP contribution in [0.2, 0.25) is 0 Å². The van der Waals surface area contributed by atoms with Crippen molar-refractivity contribution >= 4 is 45.2 Å². The molecule has 0 radical (unpaired) electrons. The van der Waals surface area contributed by atoms with Crippen LogP contribution in [0.15, 0.2) is 65.7 Å². The molecular weight excluding hydrogens is 396 g/mol. The summed E-state index contributed by atoms with van der Waals surface area (Å²) in [4.78, 5) is 31.6. The van der Waals surface area contributed by atoms with Crippen LogP contribution in [0.25, 0.3) is 16.3 Å². The standard InChI is InChI=1S/C24H22N2O3S/c1-15-13-25(14-16(2)29-15)22-21(20-11-6-12-30-20)23(27)26(24(22)28)19-10-5-8-17-7-3-4-9-18(17)19/h3-12,15-16H,13-14H2,1-2H3. The van der Waals surface area contributed by atoms with Crippen LogP contribution in [0.4, 0.5) is 5.69 Å². The van der Waals surface area contributed by atoms with Crippen molar-refractivity contribution in [3.8, 4) is 0 Å². The molecule has 152 valence electrons. The number of anilines is 1. The van der Waals surface area contributed by atoms with E-state index in [9.17, 15) is 9.59 Å². The quantitative estimate of drug-likeness (QED) is 0.595. The number of hydrogen-bond donors (Lipinski definition) is 0. The Morgan fingerprint density at radius 2 is 1.63 bits per heavy atom. The number of nitrogens with zero attached hydrogens (tertiary/aromatic N) is 2. The molecule has 2 unspecified atom stereocenters. The van der Waals surface area contributed by atoms with Crippen LogP contribution in [0, 0.1) is 0 Å². The SMILES string of the molecule is CC1CN(C2=C(c3cccs3)C(=O)N(c3cccc4ccccc34)C2=O)CC(C)O1. The van der Waals surface area contributed by atoms with Crippen LogP contribution in [0.3, 0.4) is 0 Å². The molecule has 3 heterocycles. The predicted molar refractivity (Wildman–Crippen MR) is 119 cm³/mol. The normalized spacial score (nSPS) is 22.5. The van der Waals surface area contributed by atoms with Crippen LogP contribution < -0.4 is 4.90 Å². The van der Waals surface area contributed by atoms with Gasteiger partial charge in [-0.05, 0) is 36.7 Å². The van der Waals surface area contributed by atoms with Crippen molar-refractivity contribution in [2.45, 2.75) is 26.1 Å². The first-order valence-electron chi connectivity index (χ1n) is 10.1. The molecule has 2 aliphatic heterocycles. The predicted octanol–water partition coefficient (Wildman–Crippen LogP) is 4.30. The molecule has 0 spiro atoms. The van der Waals surface area contributed by atoms with E-state index in [1.54, 1.807) is 0 Å². The maximum Gasteiger partial charge on any atom is 0.282 e. The fourth-order valence-electron chi connectivity index (χ4n) is 4.44. The van der Waals surface area contributed by atoms with E-state index in [0.717, 1.165) is 15.6 Å². The van der Waals surface area contributed by atoms with Crippen LogP contribution in [0.1, 0.15) is 18.7 Å². The van der Waals surface area contributed by atoms with Gasteiger partial charge in [-0.1, -0.05) is 42.5 Å². The number of amides is 2. The molecule has 2 amide bonds. The zero-order valence-electron chi connectivity index (χ0n) is 16.9. The zero-order chi connectivity index (χ0) is 20.8. The Balaban J connectivity index is 1.66. The van der Waals surface area contributed by atoms with Crippen LogP contribution >= 0.6 is 11.3 Å². The molecule has 0 bridgehead atoms. The fraction of sp³-hybridized carbons (Fsp3) is 0.250. The topological polar surface area (TPSA) is 49.9 Å². The maximum absolute atomic E-state index is 13.7. The van der Waals surface area contributed by atoms with Gasteiger partial charge in [-0.2, -0.15) is 0 Å². The summed E-state index contributed by atoms with van der Waals surface area (Å²) in [7, 11) is 0. The summed E-state index contributed by atoms with van der Waals surface area (Å²) in [6.07, 6.45) is -0.0271. The molecule has 5 rings (SSSR count). The average molecular weight is 419 g/mol. The minimum atomic E-state index is -0.263. The van der Waals surface area contributed by atoms with Gasteiger partial charge in [0.2, 0.25) is 0 Å². The lowest BCUT2D eigenvalue weighted by Gasteiger charge is -2.37. The van der Waals surface area contributed by atoms with Crippen molar-refractivity contribution in [2.75, 3.05) is 18.0 Å². The first-order chi connectivity index (χ1) is 14.5. The summed E-state index contributed by atoms with van der Waals surface area (Å²) in [6, 6.07) is 17.4. The van der Waals surface area contributed by atoms with Crippen LogP contribution in [-0.4, -0.2) is 42.0 Å². The molecule has 1 fully saturated rings. The monoisotopic (exact) mass is 418 g/mol. The van der Waals surface area contributed by atoms with Crippen LogP contribution in [0.5, 0.6) is 0 Å². The van der Waals surface area contributed by atoms with Gasteiger partial charge in [-0.15, -0.1) is 11.3 Å². The van der Waals surface area contributed by atoms with E-state index in [4.69, 9.17) is 4.74 Å². The molecule has 1 saturated heterocycles. The number of ether oxygens (including phenoxy) is 1. The van der Waals surface area contributed by atoms with E-state index in [0.29, 0.717) is 30.0 Å². The van der Waals surface area contributed by atoms with Gasteiger partial charge < -0.3 is 9.64 Å². The Bertz CT molecular complexity index is 1150. The van der Waals surface area contributed by atoms with Gasteiger partial charge in [0.1, 0.15) is 5.70 Å². The summed E-state index contributed by atoms with van der Waals surface area (Å²) in [5, 5.41) is 3.82. The molecule has 0 N–H and O–H groups in total. The van der Waals surface area contributed by atoms with E-state index in [1.807, 2.05) is 78.7 Å². The number of fused-ring (bicyclic) bond motifs is 1. The lowest BCUT2D eigenvalue weighted by atomic mass is 10.1. The first-order valence-corrected chi connectivity index (χ1v) is 11.0. The average Bonchev–Trinajstić information content (AvgIpc) is 3.33. The highest BCUT2D eigenvalue weighted by molar-refractivity contribution is 7.11. The number of carbonyl (C=O) groups excluding carboxylic acids is 2. The largest absolute Gasteiger partial charge is 0.372 e. The summed E-state index contributed by atoms with van der Waals surface area (Å²) in [5.41, 5.74) is 1.60. The minimum Gasteiger partial charge on any atom is -0.372 e. The fourth-order valence-corrected chi connectivity index (χ4v) is 5.20. The zero-order valence-corrected chi connectivity index (χ0v) is 17.7. The van der Waals surface area contributed by atoms with Crippen molar-refractivity contribution in [1.82, 2.24) is 4.90 Å². The number of morpholine rings is 1. The third-order valence-corrected chi connectivity index (χ3v) is 6.46. The minimum absolute atomic E-state index is 0.0136. The molecule has 5 nitrogen and oxygen atoms in total. The molecule has 0 saturated carbocycles. The molecule has 1 aromatic heterocycles.